The standard InChI is InChI=1S/C10H15F2NO2/c11-10(12)4-7-13(8-5-10)6-2-1-3-9(14)15/h1,3H,2,4-8H2,(H,14,15). The minimum atomic E-state index is -2.51. The molecule has 1 N–H and O–H groups in total. The maximum atomic E-state index is 12.8. The van der Waals surface area contributed by atoms with Gasteiger partial charge in [0.1, 0.15) is 0 Å². The molecule has 0 unspecified atom stereocenters. The highest BCUT2D eigenvalue weighted by Crippen LogP contribution is 2.27. The van der Waals surface area contributed by atoms with Crippen molar-refractivity contribution in [1.29, 1.82) is 0 Å². The summed E-state index contributed by atoms with van der Waals surface area (Å²) < 4.78 is 25.5. The number of hydrogen-bond donors (Lipinski definition) is 1. The lowest BCUT2D eigenvalue weighted by Crippen LogP contribution is -2.39. The fraction of sp³-hybridized carbons (Fsp3) is 0.700. The van der Waals surface area contributed by atoms with Gasteiger partial charge >= 0.3 is 5.97 Å². The second kappa shape index (κ2) is 5.21. The van der Waals surface area contributed by atoms with E-state index in [1.54, 1.807) is 6.08 Å². The van der Waals surface area contributed by atoms with E-state index in [-0.39, 0.29) is 12.8 Å². The van der Waals surface area contributed by atoms with E-state index in [0.29, 0.717) is 26.1 Å². The number of alkyl halides is 2. The number of carboxylic acids is 1. The normalized spacial score (nSPS) is 22.0. The number of halogens is 2. The fourth-order valence-corrected chi connectivity index (χ4v) is 1.55. The highest BCUT2D eigenvalue weighted by Gasteiger charge is 2.33. The lowest BCUT2D eigenvalue weighted by atomic mass is 10.1. The molecule has 0 bridgehead atoms. The van der Waals surface area contributed by atoms with E-state index >= 15 is 0 Å². The molecular formula is C10H15F2NO2. The molecular weight excluding hydrogens is 204 g/mol. The van der Waals surface area contributed by atoms with Crippen LogP contribution in [0.2, 0.25) is 0 Å². The Morgan fingerprint density at radius 3 is 2.53 bits per heavy atom. The predicted octanol–water partition coefficient (Wildman–Crippen LogP) is 1.75. The lowest BCUT2D eigenvalue weighted by Gasteiger charge is -2.31. The Hall–Kier alpha value is -0.970. The third-order valence-electron chi connectivity index (χ3n) is 2.46. The van der Waals surface area contributed by atoms with Crippen molar-refractivity contribution in [2.45, 2.75) is 25.2 Å². The molecule has 0 saturated carbocycles. The van der Waals surface area contributed by atoms with E-state index in [2.05, 4.69) is 0 Å². The van der Waals surface area contributed by atoms with Gasteiger partial charge in [-0.2, -0.15) is 0 Å². The van der Waals surface area contributed by atoms with E-state index in [1.807, 2.05) is 4.90 Å². The van der Waals surface area contributed by atoms with Crippen LogP contribution in [0.1, 0.15) is 19.3 Å². The van der Waals surface area contributed by atoms with Crippen LogP contribution in [0, 0.1) is 0 Å². The number of hydrogen-bond acceptors (Lipinski definition) is 2. The first-order valence-electron chi connectivity index (χ1n) is 4.99. The molecule has 0 spiro atoms. The minimum absolute atomic E-state index is 0.0877. The third-order valence-corrected chi connectivity index (χ3v) is 2.46. The smallest absolute Gasteiger partial charge is 0.327 e. The number of piperidine rings is 1. The molecule has 0 aromatic heterocycles. The van der Waals surface area contributed by atoms with Crippen molar-refractivity contribution in [3.05, 3.63) is 12.2 Å². The highest BCUT2D eigenvalue weighted by molar-refractivity contribution is 5.79. The molecule has 0 aliphatic carbocycles. The molecule has 1 saturated heterocycles. The Morgan fingerprint density at radius 2 is 2.00 bits per heavy atom. The Labute approximate surface area is 87.4 Å². The van der Waals surface area contributed by atoms with Gasteiger partial charge in [0.05, 0.1) is 0 Å². The molecule has 1 aliphatic heterocycles. The Kier molecular flexibility index (Phi) is 4.20. The van der Waals surface area contributed by atoms with Crippen molar-refractivity contribution < 1.29 is 18.7 Å². The second-order valence-electron chi connectivity index (χ2n) is 3.73. The first-order valence-corrected chi connectivity index (χ1v) is 4.99. The average molecular weight is 219 g/mol. The zero-order chi connectivity index (χ0) is 11.3. The SMILES string of the molecule is O=C(O)C=CCCN1CCC(F)(F)CC1. The maximum absolute atomic E-state index is 12.8. The van der Waals surface area contributed by atoms with Gasteiger partial charge in [-0.15, -0.1) is 0 Å². The highest BCUT2D eigenvalue weighted by atomic mass is 19.3. The van der Waals surface area contributed by atoms with Gasteiger partial charge in [-0.3, -0.25) is 0 Å². The van der Waals surface area contributed by atoms with Gasteiger partial charge in [0.15, 0.2) is 0 Å². The fourth-order valence-electron chi connectivity index (χ4n) is 1.55. The number of carboxylic acid groups (broad SMARTS) is 1. The van der Waals surface area contributed by atoms with Gasteiger partial charge < -0.3 is 10.0 Å². The zero-order valence-electron chi connectivity index (χ0n) is 8.46. The largest absolute Gasteiger partial charge is 0.478 e. The molecule has 0 atom stereocenters. The predicted molar refractivity (Wildman–Crippen MR) is 52.0 cm³/mol. The number of rotatable bonds is 4. The average Bonchev–Trinajstić information content (AvgIpc) is 2.14. The van der Waals surface area contributed by atoms with Crippen LogP contribution < -0.4 is 0 Å². The van der Waals surface area contributed by atoms with Crippen LogP contribution in [0.25, 0.3) is 0 Å². The van der Waals surface area contributed by atoms with E-state index in [4.69, 9.17) is 5.11 Å². The molecule has 0 aromatic rings. The molecule has 1 aliphatic rings. The monoisotopic (exact) mass is 219 g/mol. The lowest BCUT2D eigenvalue weighted by molar-refractivity contribution is -0.131. The molecule has 0 radical (unpaired) electrons. The van der Waals surface area contributed by atoms with Gasteiger partial charge in [-0.05, 0) is 6.42 Å². The van der Waals surface area contributed by atoms with E-state index < -0.39 is 11.9 Å². The maximum Gasteiger partial charge on any atom is 0.327 e. The number of nitrogens with zero attached hydrogens (tertiary/aromatic N) is 1. The van der Waals surface area contributed by atoms with Gasteiger partial charge in [0.2, 0.25) is 0 Å². The third kappa shape index (κ3) is 4.88. The van der Waals surface area contributed by atoms with Crippen molar-refractivity contribution in [3.8, 4) is 0 Å². The van der Waals surface area contributed by atoms with Crippen LogP contribution in [0.4, 0.5) is 8.78 Å². The first-order chi connectivity index (χ1) is 6.99. The molecule has 5 heteroatoms. The Morgan fingerprint density at radius 1 is 1.40 bits per heavy atom. The molecule has 1 fully saturated rings. The minimum Gasteiger partial charge on any atom is -0.478 e. The summed E-state index contributed by atoms with van der Waals surface area (Å²) in [6.45, 7) is 1.45. The van der Waals surface area contributed by atoms with Crippen LogP contribution in [0.3, 0.4) is 0 Å². The van der Waals surface area contributed by atoms with Gasteiger partial charge in [-0.25, -0.2) is 13.6 Å². The molecule has 15 heavy (non-hydrogen) atoms. The summed E-state index contributed by atoms with van der Waals surface area (Å²) >= 11 is 0. The summed E-state index contributed by atoms with van der Waals surface area (Å²) in [5.41, 5.74) is 0. The van der Waals surface area contributed by atoms with Gasteiger partial charge in [0, 0.05) is 38.6 Å². The van der Waals surface area contributed by atoms with E-state index in [9.17, 15) is 13.6 Å². The molecule has 0 amide bonds. The summed E-state index contributed by atoms with van der Waals surface area (Å²) in [4.78, 5) is 12.1. The van der Waals surface area contributed by atoms with Crippen LogP contribution in [-0.2, 0) is 4.79 Å². The van der Waals surface area contributed by atoms with Crippen molar-refractivity contribution >= 4 is 5.97 Å². The van der Waals surface area contributed by atoms with Crippen LogP contribution in [0.5, 0.6) is 0 Å². The molecule has 1 heterocycles. The summed E-state index contributed by atoms with van der Waals surface area (Å²) in [5.74, 6) is -3.48. The second-order valence-corrected chi connectivity index (χ2v) is 3.73. The summed E-state index contributed by atoms with van der Waals surface area (Å²) in [6.07, 6.45) is 3.05. The van der Waals surface area contributed by atoms with E-state index in [1.165, 1.54) is 0 Å². The number of aliphatic carboxylic acids is 1. The Bertz CT molecular complexity index is 244. The number of likely N-dealkylation sites (tertiary alicyclic amines) is 1. The molecule has 1 rings (SSSR count). The van der Waals surface area contributed by atoms with E-state index in [0.717, 1.165) is 6.08 Å². The topological polar surface area (TPSA) is 40.5 Å². The zero-order valence-corrected chi connectivity index (χ0v) is 8.46. The van der Waals surface area contributed by atoms with Gasteiger partial charge in [0.25, 0.3) is 5.92 Å². The van der Waals surface area contributed by atoms with Crippen LogP contribution in [-0.4, -0.2) is 41.5 Å². The first kappa shape index (κ1) is 12.1. The quantitative estimate of drug-likeness (QED) is 0.732. The molecule has 3 nitrogen and oxygen atoms in total. The van der Waals surface area contributed by atoms with Crippen LogP contribution in [0.15, 0.2) is 12.2 Å². The van der Waals surface area contributed by atoms with Crippen LogP contribution >= 0.6 is 0 Å². The summed E-state index contributed by atoms with van der Waals surface area (Å²) in [6, 6.07) is 0. The van der Waals surface area contributed by atoms with Gasteiger partial charge in [-0.1, -0.05) is 6.08 Å². The summed E-state index contributed by atoms with van der Waals surface area (Å²) in [5, 5.41) is 8.32. The van der Waals surface area contributed by atoms with Crippen molar-refractivity contribution in [2.24, 2.45) is 0 Å². The molecule has 0 aromatic carbocycles. The van der Waals surface area contributed by atoms with Crippen molar-refractivity contribution in [3.63, 3.8) is 0 Å². The Balaban J connectivity index is 2.16. The number of carbonyl (C=O) groups is 1. The van der Waals surface area contributed by atoms with Crippen molar-refractivity contribution in [2.75, 3.05) is 19.6 Å². The summed E-state index contributed by atoms with van der Waals surface area (Å²) in [7, 11) is 0. The molecule has 86 valence electrons. The van der Waals surface area contributed by atoms with Crippen molar-refractivity contribution in [1.82, 2.24) is 4.90 Å².